The molecule has 9 nitrogen and oxygen atoms in total. The summed E-state index contributed by atoms with van der Waals surface area (Å²) in [5.41, 5.74) is 0. The van der Waals surface area contributed by atoms with E-state index in [1.807, 2.05) is 0 Å². The smallest absolute Gasteiger partial charge is 0.220 e. The molecule has 0 aromatic rings. The normalized spacial score (nSPS) is 22.1. The van der Waals surface area contributed by atoms with Crippen molar-refractivity contribution in [1.82, 2.24) is 5.32 Å². The fourth-order valence-electron chi connectivity index (χ4n) is 6.98. The lowest BCUT2D eigenvalue weighted by Gasteiger charge is -2.40. The Kier molecular flexibility index (Phi) is 31.0. The van der Waals surface area contributed by atoms with Crippen molar-refractivity contribution < 1.29 is 39.8 Å². The van der Waals surface area contributed by atoms with Crippen molar-refractivity contribution in [2.24, 2.45) is 0 Å². The predicted octanol–water partition coefficient (Wildman–Crippen LogP) is 8.00. The molecular formula is C41H81NO8. The molecule has 0 radical (unpaired) electrons. The summed E-state index contributed by atoms with van der Waals surface area (Å²) in [6.07, 6.45) is 26.7. The molecule has 2 unspecified atom stereocenters. The Balaban J connectivity index is 2.36. The Hall–Kier alpha value is -0.810. The van der Waals surface area contributed by atoms with Crippen LogP contribution in [-0.4, -0.2) is 87.5 Å². The van der Waals surface area contributed by atoms with Crippen LogP contribution >= 0.6 is 0 Å². The zero-order valence-corrected chi connectivity index (χ0v) is 32.4. The van der Waals surface area contributed by atoms with Crippen molar-refractivity contribution in [3.8, 4) is 0 Å². The number of hydrogen-bond donors (Lipinski definition) is 6. The molecule has 50 heavy (non-hydrogen) atoms. The standard InChI is InChI=1S/C41H81NO8/c1-3-5-7-9-11-13-15-17-18-19-20-22-24-26-28-30-35(44)34(33-49-41-40(48)39(47)38(46)36(32-43)50-41)42-37(45)31-29-27-25-23-21-16-14-12-10-8-6-4-2/h34-36,38-41,43-44,46-48H,3-33H2,1-2H3,(H,42,45)/t34-,35+,36+,38-,39?,40?,41+/m0/s1. The first-order chi connectivity index (χ1) is 24.3. The molecular weight excluding hydrogens is 634 g/mol. The number of amides is 1. The molecule has 1 heterocycles. The number of unbranched alkanes of at least 4 members (excludes halogenated alkanes) is 25. The fraction of sp³-hybridized carbons (Fsp3) is 0.976. The molecule has 7 atom stereocenters. The van der Waals surface area contributed by atoms with Gasteiger partial charge in [-0.05, 0) is 12.8 Å². The van der Waals surface area contributed by atoms with Crippen LogP contribution < -0.4 is 5.32 Å². The Bertz CT molecular complexity index is 756. The Morgan fingerprint density at radius 3 is 1.42 bits per heavy atom. The second kappa shape index (κ2) is 32.8. The van der Waals surface area contributed by atoms with Crippen molar-refractivity contribution >= 4 is 5.91 Å². The third-order valence-corrected chi connectivity index (χ3v) is 10.5. The average Bonchev–Trinajstić information content (AvgIpc) is 3.11. The van der Waals surface area contributed by atoms with Crippen LogP contribution in [0.2, 0.25) is 0 Å². The van der Waals surface area contributed by atoms with Gasteiger partial charge in [0.25, 0.3) is 0 Å². The van der Waals surface area contributed by atoms with Crippen LogP contribution in [0, 0.1) is 0 Å². The highest BCUT2D eigenvalue weighted by Crippen LogP contribution is 2.23. The maximum absolute atomic E-state index is 12.9. The number of hydrogen-bond acceptors (Lipinski definition) is 8. The Morgan fingerprint density at radius 1 is 0.600 bits per heavy atom. The van der Waals surface area contributed by atoms with E-state index in [1.165, 1.54) is 135 Å². The summed E-state index contributed by atoms with van der Waals surface area (Å²) < 4.78 is 11.2. The highest BCUT2D eigenvalue weighted by atomic mass is 16.7. The maximum atomic E-state index is 12.9. The molecule has 298 valence electrons. The highest BCUT2D eigenvalue weighted by molar-refractivity contribution is 5.76. The molecule has 0 aromatic heterocycles. The van der Waals surface area contributed by atoms with E-state index >= 15 is 0 Å². The third kappa shape index (κ3) is 23.7. The first-order valence-corrected chi connectivity index (χ1v) is 21.2. The molecule has 6 N–H and O–H groups in total. The third-order valence-electron chi connectivity index (χ3n) is 10.5. The summed E-state index contributed by atoms with van der Waals surface area (Å²) in [4.78, 5) is 12.9. The van der Waals surface area contributed by atoms with E-state index in [-0.39, 0.29) is 12.5 Å². The first-order valence-electron chi connectivity index (χ1n) is 21.2. The van der Waals surface area contributed by atoms with Gasteiger partial charge >= 0.3 is 0 Å². The summed E-state index contributed by atoms with van der Waals surface area (Å²) in [5, 5.41) is 54.2. The quantitative estimate of drug-likeness (QED) is 0.0362. The van der Waals surface area contributed by atoms with Crippen molar-refractivity contribution in [3.63, 3.8) is 0 Å². The minimum atomic E-state index is -1.55. The molecule has 0 aliphatic carbocycles. The largest absolute Gasteiger partial charge is 0.394 e. The van der Waals surface area contributed by atoms with Crippen molar-refractivity contribution in [1.29, 1.82) is 0 Å². The van der Waals surface area contributed by atoms with E-state index in [9.17, 15) is 30.3 Å². The van der Waals surface area contributed by atoms with Crippen LogP contribution in [0.3, 0.4) is 0 Å². The first kappa shape index (κ1) is 47.2. The van der Waals surface area contributed by atoms with Gasteiger partial charge in [0.05, 0.1) is 25.4 Å². The molecule has 1 fully saturated rings. The van der Waals surface area contributed by atoms with E-state index in [0.29, 0.717) is 12.8 Å². The van der Waals surface area contributed by atoms with Gasteiger partial charge in [-0.3, -0.25) is 4.79 Å². The molecule has 1 aliphatic heterocycles. The van der Waals surface area contributed by atoms with Crippen molar-refractivity contribution in [2.45, 2.75) is 243 Å². The second-order valence-electron chi connectivity index (χ2n) is 15.1. The molecule has 0 aromatic carbocycles. The van der Waals surface area contributed by atoms with E-state index in [1.54, 1.807) is 0 Å². The predicted molar refractivity (Wildman–Crippen MR) is 203 cm³/mol. The summed E-state index contributed by atoms with van der Waals surface area (Å²) in [5.74, 6) is -0.143. The lowest BCUT2D eigenvalue weighted by Crippen LogP contribution is -2.60. The number of carbonyl (C=O) groups is 1. The van der Waals surface area contributed by atoms with Gasteiger partial charge in [-0.1, -0.05) is 181 Å². The average molecular weight is 716 g/mol. The number of carbonyl (C=O) groups excluding carboxylic acids is 1. The van der Waals surface area contributed by atoms with E-state index < -0.39 is 49.5 Å². The minimum Gasteiger partial charge on any atom is -0.394 e. The van der Waals surface area contributed by atoms with Crippen LogP contribution in [0.4, 0.5) is 0 Å². The SMILES string of the molecule is CCCCCCCCCCCCCCCCC[C@@H](O)[C@H](CO[C@@H]1O[C@H](CO)[C@H](O)C(O)C1O)NC(=O)CCCCCCCCCCCCCC. The van der Waals surface area contributed by atoms with Crippen LogP contribution in [-0.2, 0) is 14.3 Å². The summed E-state index contributed by atoms with van der Waals surface area (Å²) in [6, 6.07) is -0.709. The minimum absolute atomic E-state index is 0.132. The summed E-state index contributed by atoms with van der Waals surface area (Å²) in [7, 11) is 0. The topological polar surface area (TPSA) is 149 Å². The van der Waals surface area contributed by atoms with Gasteiger partial charge in [-0.2, -0.15) is 0 Å². The van der Waals surface area contributed by atoms with Gasteiger partial charge in [0.1, 0.15) is 24.4 Å². The van der Waals surface area contributed by atoms with Crippen molar-refractivity contribution in [2.75, 3.05) is 13.2 Å². The number of ether oxygens (including phenoxy) is 2. The molecule has 1 saturated heterocycles. The van der Waals surface area contributed by atoms with Crippen LogP contribution in [0.15, 0.2) is 0 Å². The van der Waals surface area contributed by atoms with Gasteiger partial charge < -0.3 is 40.3 Å². The Morgan fingerprint density at radius 2 is 1.00 bits per heavy atom. The molecule has 0 bridgehead atoms. The molecule has 1 amide bonds. The molecule has 0 saturated carbocycles. The van der Waals surface area contributed by atoms with Gasteiger partial charge in [-0.25, -0.2) is 0 Å². The van der Waals surface area contributed by atoms with Gasteiger partial charge in [0, 0.05) is 6.42 Å². The van der Waals surface area contributed by atoms with E-state index in [4.69, 9.17) is 9.47 Å². The number of aliphatic hydroxyl groups excluding tert-OH is 5. The molecule has 9 heteroatoms. The fourth-order valence-corrected chi connectivity index (χ4v) is 6.98. The van der Waals surface area contributed by atoms with E-state index in [0.717, 1.165) is 38.5 Å². The number of rotatable bonds is 35. The zero-order chi connectivity index (χ0) is 36.7. The van der Waals surface area contributed by atoms with Crippen LogP contribution in [0.1, 0.15) is 200 Å². The summed E-state index contributed by atoms with van der Waals surface area (Å²) in [6.45, 7) is 3.83. The van der Waals surface area contributed by atoms with Crippen LogP contribution in [0.25, 0.3) is 0 Å². The lowest BCUT2D eigenvalue weighted by atomic mass is 9.99. The zero-order valence-electron chi connectivity index (χ0n) is 32.4. The maximum Gasteiger partial charge on any atom is 0.220 e. The lowest BCUT2D eigenvalue weighted by molar-refractivity contribution is -0.302. The Labute approximate surface area is 306 Å². The van der Waals surface area contributed by atoms with Crippen LogP contribution in [0.5, 0.6) is 0 Å². The number of nitrogens with one attached hydrogen (secondary N) is 1. The van der Waals surface area contributed by atoms with Crippen molar-refractivity contribution in [3.05, 3.63) is 0 Å². The summed E-state index contributed by atoms with van der Waals surface area (Å²) >= 11 is 0. The van der Waals surface area contributed by atoms with E-state index in [2.05, 4.69) is 19.2 Å². The highest BCUT2D eigenvalue weighted by Gasteiger charge is 2.44. The molecule has 0 spiro atoms. The monoisotopic (exact) mass is 716 g/mol. The van der Waals surface area contributed by atoms with Gasteiger partial charge in [0.2, 0.25) is 5.91 Å². The molecule has 1 rings (SSSR count). The van der Waals surface area contributed by atoms with Gasteiger partial charge in [0.15, 0.2) is 6.29 Å². The number of aliphatic hydroxyl groups is 5. The second-order valence-corrected chi connectivity index (χ2v) is 15.1. The molecule has 1 aliphatic rings. The van der Waals surface area contributed by atoms with Gasteiger partial charge in [-0.15, -0.1) is 0 Å².